The highest BCUT2D eigenvalue weighted by atomic mass is 15.2. The molecule has 0 unspecified atom stereocenters. The fraction of sp³-hybridized carbons (Fsp3) is 0. The van der Waals surface area contributed by atoms with E-state index in [4.69, 9.17) is 15.0 Å². The Balaban J connectivity index is 1.18. The second-order valence-corrected chi connectivity index (χ2v) is 15.6. The molecule has 0 aliphatic rings. The van der Waals surface area contributed by atoms with Crippen molar-refractivity contribution in [2.24, 2.45) is 0 Å². The number of aromatic nitrogens is 5. The molecule has 290 valence electrons. The van der Waals surface area contributed by atoms with Gasteiger partial charge in [0.25, 0.3) is 0 Å². The van der Waals surface area contributed by atoms with Gasteiger partial charge in [-0.3, -0.25) is 4.57 Å². The van der Waals surface area contributed by atoms with E-state index in [1.54, 1.807) is 0 Å². The Labute approximate surface area is 358 Å². The minimum absolute atomic E-state index is 0.555. The Morgan fingerprint density at radius 1 is 0.274 bits per heavy atom. The molecular formula is C57H37N5. The van der Waals surface area contributed by atoms with Crippen LogP contribution in [0, 0.1) is 0 Å². The molecule has 5 heteroatoms. The summed E-state index contributed by atoms with van der Waals surface area (Å²) in [5.74, 6) is 1.77. The van der Waals surface area contributed by atoms with Crippen LogP contribution < -0.4 is 0 Å². The van der Waals surface area contributed by atoms with E-state index in [0.717, 1.165) is 71.7 Å². The zero-order chi connectivity index (χ0) is 41.0. The molecule has 62 heavy (non-hydrogen) atoms. The molecule has 12 aromatic rings. The maximum absolute atomic E-state index is 5.40. The number of hydrogen-bond acceptors (Lipinski definition) is 3. The minimum atomic E-state index is 0.555. The molecule has 0 spiro atoms. The van der Waals surface area contributed by atoms with E-state index in [0.29, 0.717) is 17.6 Å². The van der Waals surface area contributed by atoms with Crippen LogP contribution >= 0.6 is 0 Å². The van der Waals surface area contributed by atoms with Crippen molar-refractivity contribution in [2.45, 2.75) is 0 Å². The molecule has 0 N–H and O–H groups in total. The molecule has 0 fully saturated rings. The lowest BCUT2D eigenvalue weighted by molar-refractivity contribution is 0.953. The van der Waals surface area contributed by atoms with Gasteiger partial charge in [-0.05, 0) is 63.7 Å². The zero-order valence-electron chi connectivity index (χ0n) is 33.6. The average molecular weight is 792 g/mol. The summed E-state index contributed by atoms with van der Waals surface area (Å²) in [6.07, 6.45) is 0. The van der Waals surface area contributed by atoms with Crippen LogP contribution in [-0.4, -0.2) is 24.1 Å². The van der Waals surface area contributed by atoms with Gasteiger partial charge in [0.1, 0.15) is 0 Å². The molecule has 12 rings (SSSR count). The van der Waals surface area contributed by atoms with Crippen molar-refractivity contribution in [3.8, 4) is 67.8 Å². The third kappa shape index (κ3) is 5.90. The van der Waals surface area contributed by atoms with E-state index in [2.05, 4.69) is 209 Å². The number of fused-ring (bicyclic) bond motifs is 7. The molecule has 0 aliphatic carbocycles. The van der Waals surface area contributed by atoms with Crippen LogP contribution in [0.5, 0.6) is 0 Å². The molecule has 3 aromatic heterocycles. The van der Waals surface area contributed by atoms with Crippen LogP contribution in [-0.2, 0) is 0 Å². The van der Waals surface area contributed by atoms with Gasteiger partial charge >= 0.3 is 0 Å². The van der Waals surface area contributed by atoms with Crippen molar-refractivity contribution in [2.75, 3.05) is 0 Å². The van der Waals surface area contributed by atoms with Gasteiger partial charge < -0.3 is 4.57 Å². The van der Waals surface area contributed by atoms with Gasteiger partial charge in [-0.2, -0.15) is 9.97 Å². The smallest absolute Gasteiger partial charge is 0.238 e. The summed E-state index contributed by atoms with van der Waals surface area (Å²) in [5.41, 5.74) is 14.1. The molecule has 0 aliphatic heterocycles. The van der Waals surface area contributed by atoms with Crippen LogP contribution in [0.4, 0.5) is 0 Å². The van der Waals surface area contributed by atoms with Crippen LogP contribution in [0.3, 0.4) is 0 Å². The van der Waals surface area contributed by atoms with Crippen LogP contribution in [0.15, 0.2) is 224 Å². The molecule has 0 bridgehead atoms. The number of hydrogen-bond donors (Lipinski definition) is 0. The van der Waals surface area contributed by atoms with Gasteiger partial charge in [0.2, 0.25) is 5.95 Å². The quantitative estimate of drug-likeness (QED) is 0.162. The highest BCUT2D eigenvalue weighted by Crippen LogP contribution is 2.43. The van der Waals surface area contributed by atoms with Crippen molar-refractivity contribution in [3.63, 3.8) is 0 Å². The second-order valence-electron chi connectivity index (χ2n) is 15.6. The fourth-order valence-electron chi connectivity index (χ4n) is 9.15. The monoisotopic (exact) mass is 791 g/mol. The lowest BCUT2D eigenvalue weighted by Crippen LogP contribution is -2.07. The Bertz CT molecular complexity index is 3610. The normalized spacial score (nSPS) is 11.5. The minimum Gasteiger partial charge on any atom is -0.307 e. The molecule has 5 nitrogen and oxygen atoms in total. The molecule has 3 heterocycles. The largest absolute Gasteiger partial charge is 0.307 e. The summed E-state index contributed by atoms with van der Waals surface area (Å²) >= 11 is 0. The molecular weight excluding hydrogens is 755 g/mol. The van der Waals surface area contributed by atoms with E-state index in [1.165, 1.54) is 22.1 Å². The highest BCUT2D eigenvalue weighted by molar-refractivity contribution is 6.23. The number of nitrogens with zero attached hydrogens (tertiary/aromatic N) is 5. The topological polar surface area (TPSA) is 48.5 Å². The Kier molecular flexibility index (Phi) is 8.42. The van der Waals surface area contributed by atoms with E-state index in [1.807, 2.05) is 24.3 Å². The van der Waals surface area contributed by atoms with Crippen LogP contribution in [0.2, 0.25) is 0 Å². The number of rotatable bonds is 7. The fourth-order valence-corrected chi connectivity index (χ4v) is 9.15. The first-order valence-electron chi connectivity index (χ1n) is 21.0. The van der Waals surface area contributed by atoms with E-state index in [9.17, 15) is 0 Å². The van der Waals surface area contributed by atoms with E-state index < -0.39 is 0 Å². The standard InChI is InChI=1S/C57H37N5/c1-5-18-38(19-6-1)42-26-17-27-43(36-42)56-58-55(41-24-11-4-12-25-41)59-57(60-56)62-52-31-16-14-29-47(52)49-35-34-48-46-28-13-15-30-51(46)61(53(48)54(49)62)44-32-33-45(39-20-7-2-8-21-39)50(37-44)40-22-9-3-10-23-40/h1-37H. The molecule has 0 radical (unpaired) electrons. The Hall–Kier alpha value is -8.41. The predicted molar refractivity (Wildman–Crippen MR) is 256 cm³/mol. The number of para-hydroxylation sites is 2. The summed E-state index contributed by atoms with van der Waals surface area (Å²) in [6, 6.07) is 79.3. The van der Waals surface area contributed by atoms with Gasteiger partial charge in [0.05, 0.1) is 22.1 Å². The third-order valence-electron chi connectivity index (χ3n) is 12.0. The number of benzene rings is 9. The third-order valence-corrected chi connectivity index (χ3v) is 12.0. The molecule has 0 atom stereocenters. The van der Waals surface area contributed by atoms with Gasteiger partial charge in [-0.1, -0.05) is 194 Å². The van der Waals surface area contributed by atoms with Crippen LogP contribution in [0.1, 0.15) is 0 Å². The van der Waals surface area contributed by atoms with Crippen molar-refractivity contribution < 1.29 is 0 Å². The lowest BCUT2D eigenvalue weighted by atomic mass is 9.94. The molecule has 0 saturated carbocycles. The first kappa shape index (κ1) is 35.5. The van der Waals surface area contributed by atoms with Crippen molar-refractivity contribution in [3.05, 3.63) is 224 Å². The Morgan fingerprint density at radius 2 is 0.742 bits per heavy atom. The summed E-state index contributed by atoms with van der Waals surface area (Å²) in [6.45, 7) is 0. The second kappa shape index (κ2) is 14.7. The summed E-state index contributed by atoms with van der Waals surface area (Å²) in [7, 11) is 0. The SMILES string of the molecule is c1ccc(-c2cccc(-c3nc(-c4ccccc4)nc(-n4c5ccccc5c5ccc6c7ccccc7n(-c7ccc(-c8ccccc8)c(-c8ccccc8)c7)c6c54)n3)c2)cc1. The first-order chi connectivity index (χ1) is 30.8. The summed E-state index contributed by atoms with van der Waals surface area (Å²) in [5, 5.41) is 4.57. The van der Waals surface area contributed by atoms with Gasteiger partial charge in [-0.25, -0.2) is 4.98 Å². The van der Waals surface area contributed by atoms with Crippen molar-refractivity contribution in [1.29, 1.82) is 0 Å². The maximum Gasteiger partial charge on any atom is 0.238 e. The predicted octanol–water partition coefficient (Wildman–Crippen LogP) is 14.4. The van der Waals surface area contributed by atoms with Gasteiger partial charge in [0, 0.05) is 38.4 Å². The van der Waals surface area contributed by atoms with Crippen LogP contribution in [0.25, 0.3) is 111 Å². The average Bonchev–Trinajstić information content (AvgIpc) is 3.88. The molecule has 0 amide bonds. The molecule has 0 saturated heterocycles. The van der Waals surface area contributed by atoms with Crippen molar-refractivity contribution >= 4 is 43.6 Å². The maximum atomic E-state index is 5.40. The first-order valence-corrected chi connectivity index (χ1v) is 21.0. The van der Waals surface area contributed by atoms with Gasteiger partial charge in [-0.15, -0.1) is 0 Å². The Morgan fingerprint density at radius 3 is 1.37 bits per heavy atom. The lowest BCUT2D eigenvalue weighted by Gasteiger charge is -2.16. The summed E-state index contributed by atoms with van der Waals surface area (Å²) < 4.78 is 4.70. The zero-order valence-corrected chi connectivity index (χ0v) is 33.6. The van der Waals surface area contributed by atoms with E-state index in [-0.39, 0.29) is 0 Å². The van der Waals surface area contributed by atoms with Gasteiger partial charge in [0.15, 0.2) is 11.6 Å². The van der Waals surface area contributed by atoms with E-state index >= 15 is 0 Å². The van der Waals surface area contributed by atoms with Crippen molar-refractivity contribution in [1.82, 2.24) is 24.1 Å². The molecule has 9 aromatic carbocycles. The highest BCUT2D eigenvalue weighted by Gasteiger charge is 2.24. The summed E-state index contributed by atoms with van der Waals surface area (Å²) in [4.78, 5) is 15.9.